The molecule has 0 heterocycles. The topological polar surface area (TPSA) is 107 Å². The standard InChI is InChI=1S/C12H16N2O6S/c1-13(9-3-4-12(15)20-2)21(18,19)11-7-5-10(6-8-11)14(16)17/h5-8H,3-4,9H2,1-2H3. The van der Waals surface area contributed by atoms with Gasteiger partial charge in [-0.3, -0.25) is 14.9 Å². The molecule has 0 aliphatic heterocycles. The number of esters is 1. The van der Waals surface area contributed by atoms with Crippen LogP contribution in [0.25, 0.3) is 0 Å². The quantitative estimate of drug-likeness (QED) is 0.424. The normalized spacial score (nSPS) is 11.4. The van der Waals surface area contributed by atoms with Gasteiger partial charge in [0, 0.05) is 32.1 Å². The number of methoxy groups -OCH3 is 1. The van der Waals surface area contributed by atoms with Crippen molar-refractivity contribution < 1.29 is 22.9 Å². The third-order valence-electron chi connectivity index (χ3n) is 2.84. The number of carbonyl (C=O) groups excluding carboxylic acids is 1. The lowest BCUT2D eigenvalue weighted by Gasteiger charge is -2.16. The van der Waals surface area contributed by atoms with E-state index in [2.05, 4.69) is 4.74 Å². The fourth-order valence-corrected chi connectivity index (χ4v) is 2.80. The van der Waals surface area contributed by atoms with E-state index in [0.29, 0.717) is 6.42 Å². The lowest BCUT2D eigenvalue weighted by atomic mass is 10.3. The van der Waals surface area contributed by atoms with E-state index in [1.54, 1.807) is 0 Å². The zero-order chi connectivity index (χ0) is 16.0. The molecule has 0 spiro atoms. The van der Waals surface area contributed by atoms with Crippen molar-refractivity contribution in [3.8, 4) is 0 Å². The second kappa shape index (κ2) is 7.14. The summed E-state index contributed by atoms with van der Waals surface area (Å²) < 4.78 is 30.0. The van der Waals surface area contributed by atoms with E-state index < -0.39 is 20.9 Å². The Bertz CT molecular complexity index is 611. The number of ether oxygens (including phenoxy) is 1. The van der Waals surface area contributed by atoms with Gasteiger partial charge in [0.25, 0.3) is 5.69 Å². The number of non-ortho nitro benzene ring substituents is 1. The summed E-state index contributed by atoms with van der Waals surface area (Å²) in [6.07, 6.45) is 0.450. The molecule has 0 saturated heterocycles. The molecular weight excluding hydrogens is 300 g/mol. The van der Waals surface area contributed by atoms with Crippen molar-refractivity contribution in [3.05, 3.63) is 34.4 Å². The van der Waals surface area contributed by atoms with Crippen LogP contribution in [-0.4, -0.2) is 44.3 Å². The summed E-state index contributed by atoms with van der Waals surface area (Å²) in [5.41, 5.74) is -0.178. The number of benzene rings is 1. The van der Waals surface area contributed by atoms with E-state index in [4.69, 9.17) is 0 Å². The van der Waals surface area contributed by atoms with E-state index in [-0.39, 0.29) is 23.5 Å². The van der Waals surface area contributed by atoms with Crippen molar-refractivity contribution in [1.82, 2.24) is 4.31 Å². The molecule has 0 saturated carbocycles. The first kappa shape index (κ1) is 17.1. The second-order valence-corrected chi connectivity index (χ2v) is 6.30. The maximum atomic E-state index is 12.2. The maximum Gasteiger partial charge on any atom is 0.305 e. The summed E-state index contributed by atoms with van der Waals surface area (Å²) in [5.74, 6) is -0.406. The monoisotopic (exact) mass is 316 g/mol. The third kappa shape index (κ3) is 4.50. The van der Waals surface area contributed by atoms with Gasteiger partial charge >= 0.3 is 5.97 Å². The SMILES string of the molecule is COC(=O)CCCN(C)S(=O)(=O)c1ccc([N+](=O)[O-])cc1. The van der Waals surface area contributed by atoms with Crippen LogP contribution in [0.3, 0.4) is 0 Å². The molecule has 116 valence electrons. The van der Waals surface area contributed by atoms with Gasteiger partial charge in [-0.15, -0.1) is 0 Å². The molecule has 0 fully saturated rings. The summed E-state index contributed by atoms with van der Waals surface area (Å²) in [7, 11) is -1.08. The maximum absolute atomic E-state index is 12.2. The van der Waals surface area contributed by atoms with E-state index in [0.717, 1.165) is 16.4 Å². The van der Waals surface area contributed by atoms with E-state index in [1.165, 1.54) is 26.3 Å². The van der Waals surface area contributed by atoms with Crippen LogP contribution in [0.15, 0.2) is 29.2 Å². The van der Waals surface area contributed by atoms with Gasteiger partial charge in [-0.05, 0) is 18.6 Å². The Morgan fingerprint density at radius 3 is 2.38 bits per heavy atom. The minimum absolute atomic E-state index is 0.0336. The molecule has 0 bridgehead atoms. The Kier molecular flexibility index (Phi) is 5.79. The molecule has 1 aromatic carbocycles. The highest BCUT2D eigenvalue weighted by Gasteiger charge is 2.21. The summed E-state index contributed by atoms with van der Waals surface area (Å²) in [6.45, 7) is 0.147. The molecule has 0 aliphatic carbocycles. The van der Waals surface area contributed by atoms with Crippen LogP contribution >= 0.6 is 0 Å². The van der Waals surface area contributed by atoms with Crippen LogP contribution in [-0.2, 0) is 19.6 Å². The van der Waals surface area contributed by atoms with Gasteiger partial charge < -0.3 is 4.74 Å². The molecule has 0 aromatic heterocycles. The average Bonchev–Trinajstić information content (AvgIpc) is 2.46. The summed E-state index contributed by atoms with van der Waals surface area (Å²) in [5, 5.41) is 10.5. The van der Waals surface area contributed by atoms with Gasteiger partial charge in [-0.1, -0.05) is 0 Å². The lowest BCUT2D eigenvalue weighted by Crippen LogP contribution is -2.28. The molecule has 0 amide bonds. The average molecular weight is 316 g/mol. The molecule has 1 aromatic rings. The van der Waals surface area contributed by atoms with Crippen molar-refractivity contribution in [1.29, 1.82) is 0 Å². The fraction of sp³-hybridized carbons (Fsp3) is 0.417. The zero-order valence-electron chi connectivity index (χ0n) is 11.7. The second-order valence-electron chi connectivity index (χ2n) is 4.26. The van der Waals surface area contributed by atoms with E-state index >= 15 is 0 Å². The van der Waals surface area contributed by atoms with Gasteiger partial charge in [0.15, 0.2) is 0 Å². The Balaban J connectivity index is 2.75. The van der Waals surface area contributed by atoms with Gasteiger partial charge in [-0.2, -0.15) is 0 Å². The predicted octanol–water partition coefficient (Wildman–Crippen LogP) is 1.17. The van der Waals surface area contributed by atoms with Crippen LogP contribution in [0.2, 0.25) is 0 Å². The highest BCUT2D eigenvalue weighted by molar-refractivity contribution is 7.89. The Morgan fingerprint density at radius 2 is 1.90 bits per heavy atom. The molecule has 0 aliphatic rings. The number of nitrogens with zero attached hydrogens (tertiary/aromatic N) is 2. The van der Waals surface area contributed by atoms with Crippen molar-refractivity contribution in [3.63, 3.8) is 0 Å². The van der Waals surface area contributed by atoms with Crippen molar-refractivity contribution in [2.24, 2.45) is 0 Å². The summed E-state index contributed by atoms with van der Waals surface area (Å²) in [6, 6.07) is 4.64. The Labute approximate surface area is 122 Å². The fourth-order valence-electron chi connectivity index (χ4n) is 1.59. The Hall–Kier alpha value is -2.00. The zero-order valence-corrected chi connectivity index (χ0v) is 12.5. The number of hydrogen-bond donors (Lipinski definition) is 0. The van der Waals surface area contributed by atoms with Gasteiger partial charge in [0.1, 0.15) is 0 Å². The van der Waals surface area contributed by atoms with Crippen molar-refractivity contribution in [2.45, 2.75) is 17.7 Å². The van der Waals surface area contributed by atoms with Crippen LogP contribution in [0.5, 0.6) is 0 Å². The number of nitro benzene ring substituents is 1. The Morgan fingerprint density at radius 1 is 1.33 bits per heavy atom. The van der Waals surface area contributed by atoms with Crippen LogP contribution in [0, 0.1) is 10.1 Å². The largest absolute Gasteiger partial charge is 0.469 e. The molecule has 0 atom stereocenters. The first-order valence-corrected chi connectivity index (χ1v) is 7.50. The molecule has 1 rings (SSSR count). The van der Waals surface area contributed by atoms with Gasteiger partial charge in [-0.25, -0.2) is 12.7 Å². The van der Waals surface area contributed by atoms with Crippen molar-refractivity contribution >= 4 is 21.7 Å². The minimum Gasteiger partial charge on any atom is -0.469 e. The van der Waals surface area contributed by atoms with Crippen LogP contribution in [0.4, 0.5) is 5.69 Å². The summed E-state index contributed by atoms with van der Waals surface area (Å²) >= 11 is 0. The van der Waals surface area contributed by atoms with E-state index in [1.807, 2.05) is 0 Å². The number of carbonyl (C=O) groups is 1. The van der Waals surface area contributed by atoms with Crippen molar-refractivity contribution in [2.75, 3.05) is 20.7 Å². The molecule has 21 heavy (non-hydrogen) atoms. The minimum atomic E-state index is -3.73. The number of nitro groups is 1. The van der Waals surface area contributed by atoms with Gasteiger partial charge in [0.05, 0.1) is 16.9 Å². The number of sulfonamides is 1. The van der Waals surface area contributed by atoms with Gasteiger partial charge in [0.2, 0.25) is 10.0 Å². The van der Waals surface area contributed by atoms with Crippen LogP contribution < -0.4 is 0 Å². The smallest absolute Gasteiger partial charge is 0.305 e. The molecule has 8 nitrogen and oxygen atoms in total. The first-order valence-electron chi connectivity index (χ1n) is 6.06. The molecule has 0 radical (unpaired) electrons. The lowest BCUT2D eigenvalue weighted by molar-refractivity contribution is -0.384. The molecule has 9 heteroatoms. The first-order chi connectivity index (χ1) is 9.78. The summed E-state index contributed by atoms with van der Waals surface area (Å²) in [4.78, 5) is 20.9. The highest BCUT2D eigenvalue weighted by Crippen LogP contribution is 2.18. The molecule has 0 N–H and O–H groups in total. The highest BCUT2D eigenvalue weighted by atomic mass is 32.2. The predicted molar refractivity (Wildman–Crippen MR) is 74.2 cm³/mol. The number of hydrogen-bond acceptors (Lipinski definition) is 6. The molecule has 0 unspecified atom stereocenters. The third-order valence-corrected chi connectivity index (χ3v) is 4.71. The van der Waals surface area contributed by atoms with Crippen LogP contribution in [0.1, 0.15) is 12.8 Å². The number of rotatable bonds is 7. The van der Waals surface area contributed by atoms with E-state index in [9.17, 15) is 23.3 Å². The molecular formula is C12H16N2O6S.